The Kier molecular flexibility index (Phi) is 12.1. The number of rotatable bonds is 7. The van der Waals surface area contributed by atoms with Gasteiger partial charge in [0.1, 0.15) is 0 Å². The zero-order chi connectivity index (χ0) is 20.9. The van der Waals surface area contributed by atoms with Gasteiger partial charge in [0, 0.05) is 50.9 Å². The first-order valence-electron chi connectivity index (χ1n) is 10.4. The summed E-state index contributed by atoms with van der Waals surface area (Å²) in [6.07, 6.45) is 6.25. The van der Waals surface area contributed by atoms with Gasteiger partial charge >= 0.3 is 5.97 Å². The lowest BCUT2D eigenvalue weighted by atomic mass is 9.91. The number of methoxy groups -OCH3 is 1. The van der Waals surface area contributed by atoms with Gasteiger partial charge in [0.2, 0.25) is 0 Å². The number of likely N-dealkylation sites (tertiary alicyclic amines) is 1. The fraction of sp³-hybridized carbons (Fsp3) is 0.762. The number of aliphatic hydroxyl groups is 1. The number of carbonyl (C=O) groups excluding carboxylic acids is 1. The quantitative estimate of drug-likeness (QED) is 0.340. The number of nitrogens with zero attached hydrogens (tertiary/aromatic N) is 1. The third kappa shape index (κ3) is 7.91. The summed E-state index contributed by atoms with van der Waals surface area (Å²) in [7, 11) is 1.39. The summed E-state index contributed by atoms with van der Waals surface area (Å²) in [4.78, 5) is 14.3. The maximum absolute atomic E-state index is 12.1. The molecule has 2 aliphatic rings. The predicted molar refractivity (Wildman–Crippen MR) is 112 cm³/mol. The van der Waals surface area contributed by atoms with E-state index >= 15 is 0 Å². The highest BCUT2D eigenvalue weighted by molar-refractivity contribution is 5.89. The topological polar surface area (TPSA) is 97.1 Å². The Hall–Kier alpha value is -1.41. The molecule has 28 heavy (non-hydrogen) atoms. The van der Waals surface area contributed by atoms with Gasteiger partial charge in [-0.2, -0.15) is 0 Å². The Morgan fingerprint density at radius 2 is 2.00 bits per heavy atom. The smallest absolute Gasteiger partial charge is 0.335 e. The molecule has 0 amide bonds. The number of hydrogen-bond acceptors (Lipinski definition) is 7. The zero-order valence-corrected chi connectivity index (χ0v) is 17.9. The van der Waals surface area contributed by atoms with Crippen LogP contribution in [0.15, 0.2) is 23.4 Å². The molecule has 0 aromatic rings. The van der Waals surface area contributed by atoms with Crippen molar-refractivity contribution >= 4 is 5.97 Å². The first kappa shape index (κ1) is 24.6. The van der Waals surface area contributed by atoms with Crippen LogP contribution in [-0.4, -0.2) is 74.6 Å². The molecular formula is C21H39N3O4. The fourth-order valence-corrected chi connectivity index (χ4v) is 3.69. The Balaban J connectivity index is 0.00000190. The number of ether oxygens (including phenoxy) is 2. The lowest BCUT2D eigenvalue weighted by Crippen LogP contribution is -2.54. The standard InChI is InChI=1S/C19H33N3O4.C2H6/c1-14(10-20)9-15(19(24)25-2)11-22-6-3-18(16(12-22)13-23)21-17-4-7-26-8-5-17;1-2/h9-10,16-18,21,23H,3-8,11-13,20H2,1-2H3;1-2H3/b14-10-,15-9+;. The largest absolute Gasteiger partial charge is 0.466 e. The van der Waals surface area contributed by atoms with E-state index in [1.165, 1.54) is 13.3 Å². The lowest BCUT2D eigenvalue weighted by molar-refractivity contribution is -0.136. The van der Waals surface area contributed by atoms with E-state index in [9.17, 15) is 9.90 Å². The number of nitrogens with two attached hydrogens (primary N) is 1. The summed E-state index contributed by atoms with van der Waals surface area (Å²) in [5.74, 6) is -0.189. The highest BCUT2D eigenvalue weighted by atomic mass is 16.5. The van der Waals surface area contributed by atoms with Crippen molar-refractivity contribution in [2.45, 2.75) is 52.1 Å². The summed E-state index contributed by atoms with van der Waals surface area (Å²) in [5, 5.41) is 13.6. The number of hydrogen-bond donors (Lipinski definition) is 3. The minimum Gasteiger partial charge on any atom is -0.466 e. The molecule has 2 unspecified atom stereocenters. The van der Waals surface area contributed by atoms with Crippen LogP contribution in [0.1, 0.15) is 40.0 Å². The molecule has 2 atom stereocenters. The molecule has 0 spiro atoms. The molecule has 4 N–H and O–H groups in total. The van der Waals surface area contributed by atoms with E-state index in [0.717, 1.165) is 51.1 Å². The average molecular weight is 398 g/mol. The van der Waals surface area contributed by atoms with Crippen molar-refractivity contribution in [2.75, 3.05) is 46.6 Å². The van der Waals surface area contributed by atoms with E-state index in [1.54, 1.807) is 6.08 Å². The van der Waals surface area contributed by atoms with Crippen LogP contribution in [0.5, 0.6) is 0 Å². The van der Waals surface area contributed by atoms with Gasteiger partial charge in [0.15, 0.2) is 0 Å². The molecule has 2 fully saturated rings. The van der Waals surface area contributed by atoms with E-state index in [0.29, 0.717) is 24.2 Å². The molecule has 2 heterocycles. The molecule has 7 heteroatoms. The first-order chi connectivity index (χ1) is 13.6. The van der Waals surface area contributed by atoms with Gasteiger partial charge in [-0.05, 0) is 50.6 Å². The average Bonchev–Trinajstić information content (AvgIpc) is 2.75. The summed E-state index contributed by atoms with van der Waals surface area (Å²) >= 11 is 0. The van der Waals surface area contributed by atoms with Crippen LogP contribution in [0.25, 0.3) is 0 Å². The molecular weight excluding hydrogens is 358 g/mol. The third-order valence-corrected chi connectivity index (χ3v) is 5.23. The number of carbonyl (C=O) groups is 1. The molecule has 0 aromatic carbocycles. The minimum absolute atomic E-state index is 0.135. The number of piperidine rings is 1. The van der Waals surface area contributed by atoms with E-state index in [2.05, 4.69) is 10.2 Å². The molecule has 7 nitrogen and oxygen atoms in total. The molecule has 2 saturated heterocycles. The highest BCUT2D eigenvalue weighted by Crippen LogP contribution is 2.21. The number of nitrogens with one attached hydrogen (secondary N) is 1. The monoisotopic (exact) mass is 397 g/mol. The molecule has 0 aliphatic carbocycles. The molecule has 0 aromatic heterocycles. The Morgan fingerprint density at radius 1 is 1.32 bits per heavy atom. The van der Waals surface area contributed by atoms with Gasteiger partial charge < -0.3 is 25.6 Å². The summed E-state index contributed by atoms with van der Waals surface area (Å²) in [6, 6.07) is 0.771. The van der Waals surface area contributed by atoms with Crippen molar-refractivity contribution in [3.05, 3.63) is 23.4 Å². The van der Waals surface area contributed by atoms with E-state index < -0.39 is 0 Å². The van der Waals surface area contributed by atoms with E-state index in [1.807, 2.05) is 20.8 Å². The minimum atomic E-state index is -0.339. The molecule has 162 valence electrons. The van der Waals surface area contributed by atoms with Gasteiger partial charge in [-0.1, -0.05) is 13.8 Å². The van der Waals surface area contributed by atoms with E-state index in [-0.39, 0.29) is 18.5 Å². The van der Waals surface area contributed by atoms with Gasteiger partial charge in [0.25, 0.3) is 0 Å². The van der Waals surface area contributed by atoms with Crippen LogP contribution in [0, 0.1) is 5.92 Å². The van der Waals surface area contributed by atoms with Gasteiger partial charge in [-0.3, -0.25) is 4.90 Å². The van der Waals surface area contributed by atoms with Crippen molar-refractivity contribution in [2.24, 2.45) is 11.7 Å². The molecule has 0 radical (unpaired) electrons. The zero-order valence-electron chi connectivity index (χ0n) is 17.9. The second-order valence-electron chi connectivity index (χ2n) is 7.20. The van der Waals surface area contributed by atoms with Crippen molar-refractivity contribution in [3.8, 4) is 0 Å². The maximum Gasteiger partial charge on any atom is 0.335 e. The summed E-state index contributed by atoms with van der Waals surface area (Å²) < 4.78 is 10.3. The Bertz CT molecular complexity index is 516. The summed E-state index contributed by atoms with van der Waals surface area (Å²) in [5.41, 5.74) is 6.93. The van der Waals surface area contributed by atoms with Crippen molar-refractivity contribution in [1.29, 1.82) is 0 Å². The Labute approximate surface area is 169 Å². The molecule has 2 rings (SSSR count). The number of aliphatic hydroxyl groups excluding tert-OH is 1. The van der Waals surface area contributed by atoms with Gasteiger partial charge in [0.05, 0.1) is 12.7 Å². The van der Waals surface area contributed by atoms with Crippen molar-refractivity contribution in [3.63, 3.8) is 0 Å². The van der Waals surface area contributed by atoms with Crippen LogP contribution in [0.4, 0.5) is 0 Å². The Morgan fingerprint density at radius 3 is 2.57 bits per heavy atom. The van der Waals surface area contributed by atoms with Crippen LogP contribution >= 0.6 is 0 Å². The third-order valence-electron chi connectivity index (χ3n) is 5.23. The number of allylic oxidation sites excluding steroid dienone is 2. The normalized spacial score (nSPS) is 25.0. The SMILES string of the molecule is CC.COC(=O)/C(=C/C(C)=C\N)CN1CCC(NC2CCOCC2)C(CO)C1. The number of esters is 1. The van der Waals surface area contributed by atoms with Crippen LogP contribution in [-0.2, 0) is 14.3 Å². The van der Waals surface area contributed by atoms with E-state index in [4.69, 9.17) is 15.2 Å². The predicted octanol–water partition coefficient (Wildman–Crippen LogP) is 1.43. The maximum atomic E-state index is 12.1. The molecule has 0 saturated carbocycles. The van der Waals surface area contributed by atoms with Crippen LogP contribution in [0.2, 0.25) is 0 Å². The highest BCUT2D eigenvalue weighted by Gasteiger charge is 2.31. The van der Waals surface area contributed by atoms with Gasteiger partial charge in [-0.25, -0.2) is 4.79 Å². The van der Waals surface area contributed by atoms with Crippen LogP contribution in [0.3, 0.4) is 0 Å². The fourth-order valence-electron chi connectivity index (χ4n) is 3.69. The molecule has 0 bridgehead atoms. The second-order valence-corrected chi connectivity index (χ2v) is 7.20. The molecule has 2 aliphatic heterocycles. The van der Waals surface area contributed by atoms with Crippen molar-refractivity contribution < 1.29 is 19.4 Å². The lowest BCUT2D eigenvalue weighted by Gasteiger charge is -2.40. The second kappa shape index (κ2) is 13.7. The summed E-state index contributed by atoms with van der Waals surface area (Å²) in [6.45, 7) is 9.72. The van der Waals surface area contributed by atoms with Crippen LogP contribution < -0.4 is 11.1 Å². The first-order valence-corrected chi connectivity index (χ1v) is 10.4. The van der Waals surface area contributed by atoms with Gasteiger partial charge in [-0.15, -0.1) is 0 Å². The van der Waals surface area contributed by atoms with Crippen molar-refractivity contribution in [1.82, 2.24) is 10.2 Å².